The summed E-state index contributed by atoms with van der Waals surface area (Å²) in [6.07, 6.45) is 4.64. The second kappa shape index (κ2) is 6.31. The first-order chi connectivity index (χ1) is 9.33. The summed E-state index contributed by atoms with van der Waals surface area (Å²) in [5.41, 5.74) is 0.131. The topological polar surface area (TPSA) is 41.9 Å². The van der Waals surface area contributed by atoms with E-state index in [9.17, 15) is 5.11 Å². The zero-order valence-electron chi connectivity index (χ0n) is 11.6. The molecule has 0 aromatic rings. The van der Waals surface area contributed by atoms with E-state index in [-0.39, 0.29) is 18.2 Å². The van der Waals surface area contributed by atoms with Crippen molar-refractivity contribution in [3.63, 3.8) is 0 Å². The monoisotopic (exact) mass is 287 g/mol. The van der Waals surface area contributed by atoms with Gasteiger partial charge in [0, 0.05) is 19.2 Å². The number of thioether (sulfide) groups is 1. The predicted molar refractivity (Wildman–Crippen MR) is 76.7 cm³/mol. The van der Waals surface area contributed by atoms with Crippen LogP contribution in [-0.2, 0) is 9.47 Å². The molecule has 1 spiro atoms. The highest BCUT2D eigenvalue weighted by molar-refractivity contribution is 7.99. The predicted octanol–water partition coefficient (Wildman–Crippen LogP) is 1.12. The van der Waals surface area contributed by atoms with Crippen molar-refractivity contribution < 1.29 is 14.6 Å². The van der Waals surface area contributed by atoms with Gasteiger partial charge in [0.05, 0.1) is 31.5 Å². The number of morpholine rings is 1. The van der Waals surface area contributed by atoms with E-state index < -0.39 is 0 Å². The third-order valence-corrected chi connectivity index (χ3v) is 5.81. The molecule has 0 bridgehead atoms. The molecule has 0 aromatic heterocycles. The number of hydrogen-bond acceptors (Lipinski definition) is 5. The van der Waals surface area contributed by atoms with Crippen molar-refractivity contribution in [2.24, 2.45) is 0 Å². The molecule has 2 unspecified atom stereocenters. The van der Waals surface area contributed by atoms with Crippen molar-refractivity contribution >= 4 is 11.8 Å². The third-order valence-electron chi connectivity index (χ3n) is 4.82. The lowest BCUT2D eigenvalue weighted by Crippen LogP contribution is -2.57. The maximum absolute atomic E-state index is 9.54. The molecule has 0 amide bonds. The standard InChI is InChI=1S/C14H25NO3S/c16-10-13-11-17-6-4-15(13)12-1-5-18-14(9-12)2-7-19-8-3-14/h12-13,16H,1-11H2. The summed E-state index contributed by atoms with van der Waals surface area (Å²) in [5, 5.41) is 9.54. The fraction of sp³-hybridized carbons (Fsp3) is 1.00. The quantitative estimate of drug-likeness (QED) is 0.824. The number of aliphatic hydroxyl groups is 1. The van der Waals surface area contributed by atoms with E-state index in [1.807, 2.05) is 0 Å². The lowest BCUT2D eigenvalue weighted by molar-refractivity contribution is -0.133. The van der Waals surface area contributed by atoms with Crippen LogP contribution >= 0.6 is 11.8 Å². The molecule has 1 N–H and O–H groups in total. The van der Waals surface area contributed by atoms with Gasteiger partial charge < -0.3 is 14.6 Å². The normalized spacial score (nSPS) is 36.5. The van der Waals surface area contributed by atoms with Gasteiger partial charge in [-0.25, -0.2) is 0 Å². The largest absolute Gasteiger partial charge is 0.395 e. The van der Waals surface area contributed by atoms with Crippen LogP contribution in [0.2, 0.25) is 0 Å². The van der Waals surface area contributed by atoms with Gasteiger partial charge in [-0.1, -0.05) is 0 Å². The first-order valence-electron chi connectivity index (χ1n) is 7.49. The van der Waals surface area contributed by atoms with Gasteiger partial charge in [-0.2, -0.15) is 11.8 Å². The van der Waals surface area contributed by atoms with Crippen molar-refractivity contribution in [1.82, 2.24) is 4.90 Å². The molecule has 0 aliphatic carbocycles. The van der Waals surface area contributed by atoms with E-state index in [0.29, 0.717) is 12.6 Å². The van der Waals surface area contributed by atoms with E-state index in [0.717, 1.165) is 32.6 Å². The maximum Gasteiger partial charge on any atom is 0.0713 e. The van der Waals surface area contributed by atoms with Crippen LogP contribution in [0.15, 0.2) is 0 Å². The fourth-order valence-electron chi connectivity index (χ4n) is 3.68. The first-order valence-corrected chi connectivity index (χ1v) is 8.64. The highest BCUT2D eigenvalue weighted by Crippen LogP contribution is 2.39. The van der Waals surface area contributed by atoms with E-state index in [4.69, 9.17) is 9.47 Å². The van der Waals surface area contributed by atoms with Gasteiger partial charge in [0.1, 0.15) is 0 Å². The molecule has 2 atom stereocenters. The van der Waals surface area contributed by atoms with E-state index in [1.165, 1.54) is 24.3 Å². The first kappa shape index (κ1) is 14.1. The molecule has 3 aliphatic rings. The van der Waals surface area contributed by atoms with Crippen molar-refractivity contribution in [2.75, 3.05) is 44.5 Å². The maximum atomic E-state index is 9.54. The van der Waals surface area contributed by atoms with E-state index in [1.54, 1.807) is 0 Å². The Bertz CT molecular complexity index is 291. The smallest absolute Gasteiger partial charge is 0.0713 e. The van der Waals surface area contributed by atoms with Crippen LogP contribution in [-0.4, -0.2) is 72.2 Å². The second-order valence-corrected chi connectivity index (χ2v) is 7.16. The molecular weight excluding hydrogens is 262 g/mol. The Morgan fingerprint density at radius 2 is 2.11 bits per heavy atom. The van der Waals surface area contributed by atoms with Crippen molar-refractivity contribution in [1.29, 1.82) is 0 Å². The molecule has 4 nitrogen and oxygen atoms in total. The molecular formula is C14H25NO3S. The van der Waals surface area contributed by atoms with Crippen molar-refractivity contribution in [2.45, 2.75) is 43.4 Å². The molecule has 110 valence electrons. The minimum atomic E-state index is 0.131. The molecule has 3 rings (SSSR count). The van der Waals surface area contributed by atoms with Crippen LogP contribution in [0.5, 0.6) is 0 Å². The number of hydrogen-bond donors (Lipinski definition) is 1. The molecule has 19 heavy (non-hydrogen) atoms. The Morgan fingerprint density at radius 1 is 1.26 bits per heavy atom. The van der Waals surface area contributed by atoms with Crippen LogP contribution in [0.1, 0.15) is 25.7 Å². The number of aliphatic hydroxyl groups excluding tert-OH is 1. The summed E-state index contributed by atoms with van der Waals surface area (Å²) < 4.78 is 11.7. The van der Waals surface area contributed by atoms with Crippen molar-refractivity contribution in [3.05, 3.63) is 0 Å². The summed E-state index contributed by atoms with van der Waals surface area (Å²) >= 11 is 2.05. The average molecular weight is 287 g/mol. The highest BCUT2D eigenvalue weighted by atomic mass is 32.2. The summed E-state index contributed by atoms with van der Waals surface area (Å²) in [7, 11) is 0. The molecule has 3 fully saturated rings. The van der Waals surface area contributed by atoms with Gasteiger partial charge in [0.25, 0.3) is 0 Å². The second-order valence-electron chi connectivity index (χ2n) is 5.94. The highest BCUT2D eigenvalue weighted by Gasteiger charge is 2.42. The fourth-order valence-corrected chi connectivity index (χ4v) is 4.92. The Balaban J connectivity index is 1.66. The van der Waals surface area contributed by atoms with E-state index in [2.05, 4.69) is 16.7 Å². The molecule has 0 aromatic carbocycles. The molecule has 0 saturated carbocycles. The van der Waals surface area contributed by atoms with Crippen LogP contribution in [0.3, 0.4) is 0 Å². The molecule has 3 aliphatic heterocycles. The Hall–Kier alpha value is 0.190. The van der Waals surface area contributed by atoms with Crippen LogP contribution in [0.4, 0.5) is 0 Å². The van der Waals surface area contributed by atoms with Gasteiger partial charge in [0.15, 0.2) is 0 Å². The molecule has 3 heterocycles. The Morgan fingerprint density at radius 3 is 2.89 bits per heavy atom. The summed E-state index contributed by atoms with van der Waals surface area (Å²) in [6.45, 7) is 3.53. The van der Waals surface area contributed by atoms with Gasteiger partial charge in [0.2, 0.25) is 0 Å². The summed E-state index contributed by atoms with van der Waals surface area (Å²) in [6, 6.07) is 0.754. The van der Waals surface area contributed by atoms with Crippen LogP contribution in [0, 0.1) is 0 Å². The number of rotatable bonds is 2. The lowest BCUT2D eigenvalue weighted by atomic mass is 9.84. The molecule has 3 saturated heterocycles. The Labute approximate surface area is 119 Å². The SMILES string of the molecule is OCC1COCCN1C1CCOC2(CCSCC2)C1. The number of nitrogens with zero attached hydrogens (tertiary/aromatic N) is 1. The summed E-state index contributed by atoms with van der Waals surface area (Å²) in [5.74, 6) is 2.47. The molecule has 5 heteroatoms. The zero-order valence-corrected chi connectivity index (χ0v) is 12.4. The van der Waals surface area contributed by atoms with Crippen LogP contribution in [0.25, 0.3) is 0 Å². The van der Waals surface area contributed by atoms with Gasteiger partial charge in [-0.3, -0.25) is 4.90 Å². The zero-order chi connectivity index (χ0) is 13.1. The van der Waals surface area contributed by atoms with Gasteiger partial charge in [-0.05, 0) is 37.2 Å². The minimum Gasteiger partial charge on any atom is -0.395 e. The van der Waals surface area contributed by atoms with E-state index >= 15 is 0 Å². The minimum absolute atomic E-state index is 0.131. The number of ether oxygens (including phenoxy) is 2. The third kappa shape index (κ3) is 3.10. The summed E-state index contributed by atoms with van der Waals surface area (Å²) in [4.78, 5) is 2.48. The lowest BCUT2D eigenvalue weighted by Gasteiger charge is -2.49. The van der Waals surface area contributed by atoms with Gasteiger partial charge >= 0.3 is 0 Å². The van der Waals surface area contributed by atoms with Gasteiger partial charge in [-0.15, -0.1) is 0 Å². The Kier molecular flexibility index (Phi) is 4.70. The molecule has 0 radical (unpaired) electrons. The van der Waals surface area contributed by atoms with Crippen molar-refractivity contribution in [3.8, 4) is 0 Å². The average Bonchev–Trinajstić information content (AvgIpc) is 2.48. The van der Waals surface area contributed by atoms with Crippen LogP contribution < -0.4 is 0 Å².